The van der Waals surface area contributed by atoms with Gasteiger partial charge in [-0.05, 0) is 62.3 Å². The molecule has 3 nitrogen and oxygen atoms in total. The van der Waals surface area contributed by atoms with E-state index in [0.29, 0.717) is 11.1 Å². The standard InChI is InChI=1S/C16H23ClO3S/c1-4-13-6-5-7-14(10-13)20-15-8-11(2)16(12(3)9-15)21(17,18)19/h8-9,13-14H,4-7,10H2,1-3H3. The SMILES string of the molecule is CCC1CCCC(Oc2cc(C)c(S(=O)(=O)Cl)c(C)c2)C1. The highest BCUT2D eigenvalue weighted by molar-refractivity contribution is 8.13. The van der Waals surface area contributed by atoms with Crippen LogP contribution in [0.25, 0.3) is 0 Å². The summed E-state index contributed by atoms with van der Waals surface area (Å²) < 4.78 is 29.2. The first-order valence-electron chi connectivity index (χ1n) is 7.53. The molecule has 1 aromatic carbocycles. The summed E-state index contributed by atoms with van der Waals surface area (Å²) in [6.45, 7) is 5.73. The van der Waals surface area contributed by atoms with Crippen LogP contribution < -0.4 is 4.74 Å². The van der Waals surface area contributed by atoms with Crippen molar-refractivity contribution in [3.63, 3.8) is 0 Å². The van der Waals surface area contributed by atoms with E-state index in [1.54, 1.807) is 26.0 Å². The molecule has 0 saturated heterocycles. The third-order valence-corrected chi connectivity index (χ3v) is 5.89. The minimum Gasteiger partial charge on any atom is -0.490 e. The van der Waals surface area contributed by atoms with Crippen LogP contribution in [0.4, 0.5) is 0 Å². The van der Waals surface area contributed by atoms with Crippen molar-refractivity contribution in [3.05, 3.63) is 23.3 Å². The van der Waals surface area contributed by atoms with E-state index < -0.39 is 9.05 Å². The topological polar surface area (TPSA) is 43.4 Å². The van der Waals surface area contributed by atoms with Crippen LogP contribution in [0.15, 0.2) is 17.0 Å². The maximum atomic E-state index is 11.6. The molecule has 1 aliphatic rings. The van der Waals surface area contributed by atoms with Crippen molar-refractivity contribution in [3.8, 4) is 5.75 Å². The zero-order valence-corrected chi connectivity index (χ0v) is 14.4. The molecular weight excluding hydrogens is 308 g/mol. The molecule has 5 heteroatoms. The smallest absolute Gasteiger partial charge is 0.261 e. The Bertz CT molecular complexity index is 587. The van der Waals surface area contributed by atoms with Gasteiger partial charge in [0, 0.05) is 10.7 Å². The largest absolute Gasteiger partial charge is 0.490 e. The molecule has 0 aromatic heterocycles. The maximum absolute atomic E-state index is 11.6. The van der Waals surface area contributed by atoms with E-state index in [2.05, 4.69) is 6.92 Å². The molecule has 2 rings (SSSR count). The summed E-state index contributed by atoms with van der Waals surface area (Å²) >= 11 is 0. The van der Waals surface area contributed by atoms with Crippen LogP contribution in [0.2, 0.25) is 0 Å². The molecule has 0 amide bonds. The van der Waals surface area contributed by atoms with Gasteiger partial charge in [0.15, 0.2) is 0 Å². The number of ether oxygens (including phenoxy) is 1. The normalized spacial score (nSPS) is 23.0. The Morgan fingerprint density at radius 1 is 1.24 bits per heavy atom. The fourth-order valence-electron chi connectivity index (χ4n) is 3.28. The van der Waals surface area contributed by atoms with Crippen molar-refractivity contribution in [1.29, 1.82) is 0 Å². The van der Waals surface area contributed by atoms with Crippen LogP contribution in [-0.4, -0.2) is 14.5 Å². The van der Waals surface area contributed by atoms with Gasteiger partial charge in [-0.25, -0.2) is 8.42 Å². The zero-order valence-electron chi connectivity index (χ0n) is 12.9. The number of hydrogen-bond donors (Lipinski definition) is 0. The van der Waals surface area contributed by atoms with Gasteiger partial charge in [-0.15, -0.1) is 0 Å². The second kappa shape index (κ2) is 6.57. The van der Waals surface area contributed by atoms with Gasteiger partial charge in [0.1, 0.15) is 5.75 Å². The monoisotopic (exact) mass is 330 g/mol. The number of aryl methyl sites for hydroxylation is 2. The Balaban J connectivity index is 2.19. The third-order valence-electron chi connectivity index (χ3n) is 4.29. The van der Waals surface area contributed by atoms with Crippen LogP contribution in [0, 0.1) is 19.8 Å². The summed E-state index contributed by atoms with van der Waals surface area (Å²) in [6, 6.07) is 3.55. The molecule has 1 fully saturated rings. The molecule has 0 N–H and O–H groups in total. The molecule has 0 heterocycles. The van der Waals surface area contributed by atoms with Gasteiger partial charge in [-0.1, -0.05) is 19.8 Å². The molecule has 2 atom stereocenters. The fraction of sp³-hybridized carbons (Fsp3) is 0.625. The lowest BCUT2D eigenvalue weighted by atomic mass is 9.85. The van der Waals surface area contributed by atoms with Crippen molar-refractivity contribution in [2.24, 2.45) is 5.92 Å². The van der Waals surface area contributed by atoms with E-state index in [1.165, 1.54) is 19.3 Å². The summed E-state index contributed by atoms with van der Waals surface area (Å²) in [5, 5.41) is 0. The predicted octanol–water partition coefficient (Wildman–Crippen LogP) is 4.58. The molecule has 0 bridgehead atoms. The van der Waals surface area contributed by atoms with Crippen molar-refractivity contribution in [2.75, 3.05) is 0 Å². The molecule has 0 radical (unpaired) electrons. The number of hydrogen-bond acceptors (Lipinski definition) is 3. The highest BCUT2D eigenvalue weighted by Crippen LogP contribution is 2.32. The lowest BCUT2D eigenvalue weighted by molar-refractivity contribution is 0.122. The fourth-order valence-corrected chi connectivity index (χ4v) is 4.89. The molecular formula is C16H23ClO3S. The van der Waals surface area contributed by atoms with Gasteiger partial charge in [0.25, 0.3) is 9.05 Å². The Morgan fingerprint density at radius 3 is 2.38 bits per heavy atom. The van der Waals surface area contributed by atoms with Gasteiger partial charge in [0.05, 0.1) is 11.0 Å². The number of rotatable bonds is 4. The number of halogens is 1. The molecule has 2 unspecified atom stereocenters. The maximum Gasteiger partial charge on any atom is 0.261 e. The summed E-state index contributed by atoms with van der Waals surface area (Å²) in [7, 11) is 1.77. The van der Waals surface area contributed by atoms with Gasteiger partial charge >= 0.3 is 0 Å². The van der Waals surface area contributed by atoms with Crippen molar-refractivity contribution < 1.29 is 13.2 Å². The van der Waals surface area contributed by atoms with E-state index in [9.17, 15) is 8.42 Å². The minimum absolute atomic E-state index is 0.201. The quantitative estimate of drug-likeness (QED) is 0.759. The first-order chi connectivity index (χ1) is 9.81. The lowest BCUT2D eigenvalue weighted by Crippen LogP contribution is -2.25. The Labute approximate surface area is 132 Å². The van der Waals surface area contributed by atoms with E-state index in [0.717, 1.165) is 24.5 Å². The zero-order chi connectivity index (χ0) is 15.6. The van der Waals surface area contributed by atoms with Crippen LogP contribution in [0.1, 0.15) is 50.2 Å². The average Bonchev–Trinajstić information content (AvgIpc) is 2.36. The summed E-state index contributed by atoms with van der Waals surface area (Å²) in [4.78, 5) is 0.201. The van der Waals surface area contributed by atoms with E-state index in [4.69, 9.17) is 15.4 Å². The Hall–Kier alpha value is -0.740. The Kier molecular flexibility index (Phi) is 5.20. The van der Waals surface area contributed by atoms with Crippen molar-refractivity contribution in [1.82, 2.24) is 0 Å². The van der Waals surface area contributed by atoms with Crippen molar-refractivity contribution in [2.45, 2.75) is 63.9 Å². The first kappa shape index (κ1) is 16.6. The van der Waals surface area contributed by atoms with E-state index in [1.807, 2.05) is 0 Å². The molecule has 0 aliphatic heterocycles. The molecule has 1 aliphatic carbocycles. The second-order valence-corrected chi connectivity index (χ2v) is 8.51. The summed E-state index contributed by atoms with van der Waals surface area (Å²) in [6.07, 6.45) is 6.09. The van der Waals surface area contributed by atoms with Gasteiger partial charge in [-0.3, -0.25) is 0 Å². The van der Waals surface area contributed by atoms with Gasteiger partial charge in [-0.2, -0.15) is 0 Å². The molecule has 0 spiro atoms. The number of benzene rings is 1. The van der Waals surface area contributed by atoms with Crippen molar-refractivity contribution >= 4 is 19.7 Å². The van der Waals surface area contributed by atoms with Crippen LogP contribution >= 0.6 is 10.7 Å². The highest BCUT2D eigenvalue weighted by atomic mass is 35.7. The van der Waals surface area contributed by atoms with Crippen LogP contribution in [0.5, 0.6) is 5.75 Å². The summed E-state index contributed by atoms with van der Waals surface area (Å²) in [5.74, 6) is 1.49. The molecule has 118 valence electrons. The van der Waals surface area contributed by atoms with Crippen LogP contribution in [0.3, 0.4) is 0 Å². The molecule has 21 heavy (non-hydrogen) atoms. The molecule has 1 aromatic rings. The Morgan fingerprint density at radius 2 is 1.86 bits per heavy atom. The average molecular weight is 331 g/mol. The van der Waals surface area contributed by atoms with E-state index >= 15 is 0 Å². The lowest BCUT2D eigenvalue weighted by Gasteiger charge is -2.29. The van der Waals surface area contributed by atoms with Gasteiger partial charge < -0.3 is 4.74 Å². The molecule has 1 saturated carbocycles. The highest BCUT2D eigenvalue weighted by Gasteiger charge is 2.23. The first-order valence-corrected chi connectivity index (χ1v) is 9.84. The minimum atomic E-state index is -3.71. The predicted molar refractivity (Wildman–Crippen MR) is 85.6 cm³/mol. The second-order valence-electron chi connectivity index (χ2n) is 6.00. The van der Waals surface area contributed by atoms with E-state index in [-0.39, 0.29) is 11.0 Å². The third kappa shape index (κ3) is 4.13. The summed E-state index contributed by atoms with van der Waals surface area (Å²) in [5.41, 5.74) is 1.28. The van der Waals surface area contributed by atoms with Crippen LogP contribution in [-0.2, 0) is 9.05 Å². The van der Waals surface area contributed by atoms with Gasteiger partial charge in [0.2, 0.25) is 0 Å².